The lowest BCUT2D eigenvalue weighted by molar-refractivity contribution is 0.0896. The number of carbonyl (C=O) groups excluding carboxylic acids is 1. The van der Waals surface area contributed by atoms with Gasteiger partial charge in [-0.1, -0.05) is 20.8 Å². The largest absolute Gasteiger partial charge is 0.370 e. The van der Waals surface area contributed by atoms with Crippen molar-refractivity contribution in [1.82, 2.24) is 10.3 Å². The second-order valence-corrected chi connectivity index (χ2v) is 6.10. The van der Waals surface area contributed by atoms with E-state index in [9.17, 15) is 4.79 Å². The summed E-state index contributed by atoms with van der Waals surface area (Å²) in [6.07, 6.45) is 2.18. The minimum Gasteiger partial charge on any atom is -0.370 e. The molecule has 0 bridgehead atoms. The fourth-order valence-electron chi connectivity index (χ4n) is 2.54. The monoisotopic (exact) mass is 275 g/mol. The van der Waals surface area contributed by atoms with Crippen LogP contribution in [0.2, 0.25) is 0 Å². The number of carbonyl (C=O) groups is 1. The smallest absolute Gasteiger partial charge is 0.251 e. The normalized spacial score (nSPS) is 21.4. The number of nitrogens with one attached hydrogen (secondary N) is 2. The Labute approximate surface area is 121 Å². The Hall–Kier alpha value is -1.58. The molecule has 0 aliphatic heterocycles. The summed E-state index contributed by atoms with van der Waals surface area (Å²) in [7, 11) is 0. The Kier molecular flexibility index (Phi) is 4.63. The number of hydrogen-bond donors (Lipinski definition) is 2. The Balaban J connectivity index is 2.14. The quantitative estimate of drug-likeness (QED) is 0.868. The Morgan fingerprint density at radius 2 is 2.10 bits per heavy atom. The minimum atomic E-state index is 0.0188. The molecular weight excluding hydrogens is 250 g/mol. The molecule has 2 N–H and O–H groups in total. The summed E-state index contributed by atoms with van der Waals surface area (Å²) in [4.78, 5) is 16.9. The maximum absolute atomic E-state index is 12.3. The summed E-state index contributed by atoms with van der Waals surface area (Å²) in [6.45, 7) is 9.23. The molecule has 2 rings (SSSR count). The van der Waals surface area contributed by atoms with Crippen LogP contribution in [0.15, 0.2) is 12.1 Å². The van der Waals surface area contributed by atoms with Crippen molar-refractivity contribution >= 4 is 11.7 Å². The first-order chi connectivity index (χ1) is 9.49. The summed E-state index contributed by atoms with van der Waals surface area (Å²) < 4.78 is 0. The number of hydrogen-bond acceptors (Lipinski definition) is 3. The average molecular weight is 275 g/mol. The van der Waals surface area contributed by atoms with E-state index in [-0.39, 0.29) is 5.91 Å². The molecule has 1 heterocycles. The van der Waals surface area contributed by atoms with Crippen LogP contribution in [-0.2, 0) is 0 Å². The SMILES string of the molecule is CCNc1cc(C(=O)NC2CC(C)C2)cc(C(C)C)n1. The van der Waals surface area contributed by atoms with Crippen molar-refractivity contribution in [2.45, 2.75) is 52.5 Å². The average Bonchev–Trinajstić information content (AvgIpc) is 2.36. The number of pyridine rings is 1. The van der Waals surface area contributed by atoms with Crippen LogP contribution in [-0.4, -0.2) is 23.5 Å². The summed E-state index contributed by atoms with van der Waals surface area (Å²) in [5.74, 6) is 1.85. The zero-order valence-electron chi connectivity index (χ0n) is 12.9. The highest BCUT2D eigenvalue weighted by molar-refractivity contribution is 5.95. The number of amides is 1. The van der Waals surface area contributed by atoms with Gasteiger partial charge in [-0.2, -0.15) is 0 Å². The first-order valence-corrected chi connectivity index (χ1v) is 7.56. The molecular formula is C16H25N3O. The number of rotatable bonds is 5. The highest BCUT2D eigenvalue weighted by Crippen LogP contribution is 2.26. The maximum atomic E-state index is 12.3. The number of anilines is 1. The van der Waals surface area contributed by atoms with Gasteiger partial charge >= 0.3 is 0 Å². The Morgan fingerprint density at radius 1 is 1.40 bits per heavy atom. The summed E-state index contributed by atoms with van der Waals surface area (Å²) in [6, 6.07) is 4.09. The second kappa shape index (κ2) is 6.25. The lowest BCUT2D eigenvalue weighted by Gasteiger charge is -2.33. The van der Waals surface area contributed by atoms with Gasteiger partial charge in [0.15, 0.2) is 0 Å². The van der Waals surface area contributed by atoms with E-state index in [1.807, 2.05) is 19.1 Å². The van der Waals surface area contributed by atoms with Gasteiger partial charge in [0.25, 0.3) is 5.91 Å². The number of aromatic nitrogens is 1. The predicted octanol–water partition coefficient (Wildman–Crippen LogP) is 3.17. The van der Waals surface area contributed by atoms with E-state index >= 15 is 0 Å². The molecule has 0 unspecified atom stereocenters. The molecule has 0 radical (unpaired) electrons. The third-order valence-corrected chi connectivity index (χ3v) is 3.77. The topological polar surface area (TPSA) is 54.0 Å². The summed E-state index contributed by atoms with van der Waals surface area (Å²) >= 11 is 0. The van der Waals surface area contributed by atoms with Gasteiger partial charge in [-0.15, -0.1) is 0 Å². The first-order valence-electron chi connectivity index (χ1n) is 7.56. The number of nitrogens with zero attached hydrogens (tertiary/aromatic N) is 1. The molecule has 0 aromatic carbocycles. The van der Waals surface area contributed by atoms with Gasteiger partial charge < -0.3 is 10.6 Å². The van der Waals surface area contributed by atoms with Gasteiger partial charge in [0.2, 0.25) is 0 Å². The van der Waals surface area contributed by atoms with E-state index in [0.717, 1.165) is 36.8 Å². The molecule has 20 heavy (non-hydrogen) atoms. The van der Waals surface area contributed by atoms with Gasteiger partial charge in [-0.25, -0.2) is 4.98 Å². The van der Waals surface area contributed by atoms with Crippen molar-refractivity contribution in [2.75, 3.05) is 11.9 Å². The molecule has 0 atom stereocenters. The van der Waals surface area contributed by atoms with Gasteiger partial charge in [0.05, 0.1) is 0 Å². The summed E-state index contributed by atoms with van der Waals surface area (Å²) in [5, 5.41) is 6.30. The van der Waals surface area contributed by atoms with Crippen LogP contribution < -0.4 is 10.6 Å². The van der Waals surface area contributed by atoms with E-state index in [2.05, 4.69) is 36.4 Å². The van der Waals surface area contributed by atoms with E-state index in [4.69, 9.17) is 0 Å². The maximum Gasteiger partial charge on any atom is 0.251 e. The fraction of sp³-hybridized carbons (Fsp3) is 0.625. The van der Waals surface area contributed by atoms with Crippen molar-refractivity contribution in [1.29, 1.82) is 0 Å². The molecule has 1 saturated carbocycles. The molecule has 1 aromatic rings. The third kappa shape index (κ3) is 3.50. The lowest BCUT2D eigenvalue weighted by atomic mass is 9.82. The van der Waals surface area contributed by atoms with Crippen LogP contribution in [0, 0.1) is 5.92 Å². The predicted molar refractivity (Wildman–Crippen MR) is 82.1 cm³/mol. The van der Waals surface area contributed by atoms with E-state index in [1.54, 1.807) is 0 Å². The molecule has 0 spiro atoms. The van der Waals surface area contributed by atoms with Crippen LogP contribution in [0.4, 0.5) is 5.82 Å². The van der Waals surface area contributed by atoms with Gasteiger partial charge in [0.1, 0.15) is 5.82 Å². The van der Waals surface area contributed by atoms with Gasteiger partial charge in [0, 0.05) is 23.8 Å². The molecule has 1 fully saturated rings. The molecule has 1 aromatic heterocycles. The van der Waals surface area contributed by atoms with Crippen LogP contribution in [0.3, 0.4) is 0 Å². The fourth-order valence-corrected chi connectivity index (χ4v) is 2.54. The highest BCUT2D eigenvalue weighted by atomic mass is 16.1. The minimum absolute atomic E-state index is 0.0188. The van der Waals surface area contributed by atoms with Crippen LogP contribution in [0.25, 0.3) is 0 Å². The lowest BCUT2D eigenvalue weighted by Crippen LogP contribution is -2.43. The molecule has 110 valence electrons. The van der Waals surface area contributed by atoms with Crippen molar-refractivity contribution in [3.63, 3.8) is 0 Å². The standard InChI is InChI=1S/C16H25N3O/c1-5-17-15-9-12(8-14(19-15)10(2)3)16(20)18-13-6-11(4)7-13/h8-11,13H,5-7H2,1-4H3,(H,17,19)(H,18,20). The first kappa shape index (κ1) is 14.8. The molecule has 1 aliphatic carbocycles. The van der Waals surface area contributed by atoms with Crippen LogP contribution in [0.1, 0.15) is 62.5 Å². The van der Waals surface area contributed by atoms with Crippen molar-refractivity contribution in [2.24, 2.45) is 5.92 Å². The van der Waals surface area contributed by atoms with Crippen molar-refractivity contribution in [3.05, 3.63) is 23.4 Å². The van der Waals surface area contributed by atoms with E-state index < -0.39 is 0 Å². The Morgan fingerprint density at radius 3 is 2.65 bits per heavy atom. The molecule has 1 amide bonds. The molecule has 4 heteroatoms. The van der Waals surface area contributed by atoms with E-state index in [0.29, 0.717) is 17.5 Å². The highest BCUT2D eigenvalue weighted by Gasteiger charge is 2.27. The second-order valence-electron chi connectivity index (χ2n) is 6.10. The van der Waals surface area contributed by atoms with Crippen molar-refractivity contribution in [3.8, 4) is 0 Å². The molecule has 4 nitrogen and oxygen atoms in total. The zero-order valence-corrected chi connectivity index (χ0v) is 12.9. The van der Waals surface area contributed by atoms with E-state index in [1.165, 1.54) is 0 Å². The molecule has 1 aliphatic rings. The van der Waals surface area contributed by atoms with Crippen molar-refractivity contribution < 1.29 is 4.79 Å². The zero-order chi connectivity index (χ0) is 14.7. The molecule has 0 saturated heterocycles. The van der Waals surface area contributed by atoms with Gasteiger partial charge in [-0.3, -0.25) is 4.79 Å². The summed E-state index contributed by atoms with van der Waals surface area (Å²) in [5.41, 5.74) is 1.66. The van der Waals surface area contributed by atoms with Crippen LogP contribution in [0.5, 0.6) is 0 Å². The van der Waals surface area contributed by atoms with Crippen LogP contribution >= 0.6 is 0 Å². The third-order valence-electron chi connectivity index (χ3n) is 3.77. The Bertz CT molecular complexity index is 479. The van der Waals surface area contributed by atoms with Gasteiger partial charge in [-0.05, 0) is 43.7 Å².